The van der Waals surface area contributed by atoms with Gasteiger partial charge in [0.1, 0.15) is 17.5 Å². The van der Waals surface area contributed by atoms with E-state index in [9.17, 15) is 29.1 Å². The molecule has 4 N–H and O–H groups in total. The number of benzene rings is 2. The van der Waals surface area contributed by atoms with E-state index in [1.54, 1.807) is 56.4 Å². The maximum Gasteiger partial charge on any atom is 0.259 e. The molecule has 2 aliphatic heterocycles. The van der Waals surface area contributed by atoms with Gasteiger partial charge in [0.25, 0.3) is 11.5 Å². The monoisotopic (exact) mass is 851 g/mol. The Morgan fingerprint density at radius 1 is 0.968 bits per heavy atom. The molecule has 2 aromatic carbocycles. The third-order valence-corrected chi connectivity index (χ3v) is 12.7. The Kier molecular flexibility index (Phi) is 12.1. The van der Waals surface area contributed by atoms with Crippen LogP contribution in [0.15, 0.2) is 59.8 Å². The van der Waals surface area contributed by atoms with Crippen molar-refractivity contribution < 1.29 is 43.2 Å². The van der Waals surface area contributed by atoms with Gasteiger partial charge in [0.05, 0.1) is 57.0 Å². The Balaban J connectivity index is 0.731. The highest BCUT2D eigenvalue weighted by Gasteiger charge is 2.71. The summed E-state index contributed by atoms with van der Waals surface area (Å²) >= 11 is 0. The summed E-state index contributed by atoms with van der Waals surface area (Å²) in [5.74, 6) is 0.0132. The van der Waals surface area contributed by atoms with Crippen molar-refractivity contribution in [2.24, 2.45) is 17.9 Å². The van der Waals surface area contributed by atoms with Crippen molar-refractivity contribution in [1.29, 1.82) is 0 Å². The predicted molar refractivity (Wildman–Crippen MR) is 227 cm³/mol. The number of aliphatic hydroxyl groups excluding tert-OH is 1. The lowest BCUT2D eigenvalue weighted by atomic mass is 9.34. The quantitative estimate of drug-likeness (QED) is 0.0794. The smallest absolute Gasteiger partial charge is 0.259 e. The SMILES string of the molecule is COc1cc(-c2cn(C)c(=O)c3cnccc23)cc(OC)c1CN(C)CC12CC(C(=O)NCCOCCOCCNc3cccc4c3C(O)N(C3CCC(=O)NC3=O)C4=O)(C1)C2. The zero-order valence-corrected chi connectivity index (χ0v) is 35.5. The molecule has 9 rings (SSSR count). The molecule has 5 aliphatic rings. The fraction of sp³-hybridized carbons (Fsp3) is 0.467. The molecule has 17 nitrogen and oxygen atoms in total. The summed E-state index contributed by atoms with van der Waals surface area (Å²) in [4.78, 5) is 70.6. The molecule has 0 radical (unpaired) electrons. The zero-order valence-electron chi connectivity index (χ0n) is 35.5. The molecule has 2 bridgehead atoms. The Hall–Kier alpha value is -5.88. The van der Waals surface area contributed by atoms with Gasteiger partial charge >= 0.3 is 0 Å². The van der Waals surface area contributed by atoms with E-state index in [0.29, 0.717) is 79.8 Å². The molecule has 2 aromatic heterocycles. The van der Waals surface area contributed by atoms with Gasteiger partial charge in [0.15, 0.2) is 6.23 Å². The van der Waals surface area contributed by atoms with E-state index < -0.39 is 30.0 Å². The fourth-order valence-corrected chi connectivity index (χ4v) is 9.98. The van der Waals surface area contributed by atoms with Gasteiger partial charge in [-0.25, -0.2) is 0 Å². The molecule has 3 saturated carbocycles. The van der Waals surface area contributed by atoms with Crippen molar-refractivity contribution in [1.82, 2.24) is 30.0 Å². The van der Waals surface area contributed by atoms with Crippen molar-refractivity contribution in [2.45, 2.75) is 50.9 Å². The number of carbonyl (C=O) groups is 4. The number of nitrogens with zero attached hydrogens (tertiary/aromatic N) is 4. The highest BCUT2D eigenvalue weighted by atomic mass is 16.5. The number of hydrogen-bond acceptors (Lipinski definition) is 13. The van der Waals surface area contributed by atoms with Crippen molar-refractivity contribution in [3.63, 3.8) is 0 Å². The van der Waals surface area contributed by atoms with Crippen LogP contribution in [0.5, 0.6) is 11.5 Å². The minimum Gasteiger partial charge on any atom is -0.496 e. The number of anilines is 1. The Morgan fingerprint density at radius 3 is 2.37 bits per heavy atom. The topological polar surface area (TPSA) is 203 Å². The van der Waals surface area contributed by atoms with Crippen LogP contribution in [0.3, 0.4) is 0 Å². The molecule has 4 aromatic rings. The number of hydrogen-bond donors (Lipinski definition) is 4. The van der Waals surface area contributed by atoms with E-state index >= 15 is 0 Å². The number of aryl methyl sites for hydroxylation is 1. The van der Waals surface area contributed by atoms with Crippen molar-refractivity contribution >= 4 is 40.1 Å². The van der Waals surface area contributed by atoms with Crippen molar-refractivity contribution in [3.05, 3.63) is 82.0 Å². The average Bonchev–Trinajstić information content (AvgIpc) is 3.49. The number of ether oxygens (including phenoxy) is 4. The zero-order chi connectivity index (χ0) is 43.8. The van der Waals surface area contributed by atoms with Crippen LogP contribution < -0.4 is 31.0 Å². The summed E-state index contributed by atoms with van der Waals surface area (Å²) in [5.41, 5.74) is 3.61. The normalized spacial score (nSPS) is 22.5. The Morgan fingerprint density at radius 2 is 1.68 bits per heavy atom. The number of pyridine rings is 2. The number of imide groups is 1. The number of amides is 4. The van der Waals surface area contributed by atoms with Crippen LogP contribution in [0.25, 0.3) is 21.9 Å². The van der Waals surface area contributed by atoms with Gasteiger partial charge in [-0.3, -0.25) is 39.2 Å². The summed E-state index contributed by atoms with van der Waals surface area (Å²) in [6, 6.07) is 9.95. The lowest BCUT2D eigenvalue weighted by Crippen LogP contribution is -2.70. The third-order valence-electron chi connectivity index (χ3n) is 12.7. The molecule has 0 spiro atoms. The van der Waals surface area contributed by atoms with E-state index in [1.165, 1.54) is 0 Å². The van der Waals surface area contributed by atoms with Gasteiger partial charge in [-0.2, -0.15) is 0 Å². The second-order valence-electron chi connectivity index (χ2n) is 16.9. The van der Waals surface area contributed by atoms with Crippen LogP contribution in [0.1, 0.15) is 59.8 Å². The number of methoxy groups -OCH3 is 2. The third kappa shape index (κ3) is 8.00. The summed E-state index contributed by atoms with van der Waals surface area (Å²) in [7, 11) is 7.10. The molecule has 3 aliphatic carbocycles. The average molecular weight is 852 g/mol. The molecule has 4 fully saturated rings. The van der Waals surface area contributed by atoms with Crippen LogP contribution in [-0.4, -0.2) is 121 Å². The number of aliphatic hydroxyl groups is 1. The summed E-state index contributed by atoms with van der Waals surface area (Å²) in [6.45, 7) is 3.64. The summed E-state index contributed by atoms with van der Waals surface area (Å²) in [6.07, 6.45) is 6.57. The fourth-order valence-electron chi connectivity index (χ4n) is 9.98. The Bertz CT molecular complexity index is 2430. The van der Waals surface area contributed by atoms with Gasteiger partial charge in [-0.05, 0) is 79.4 Å². The molecular weight excluding hydrogens is 799 g/mol. The first kappa shape index (κ1) is 42.8. The van der Waals surface area contributed by atoms with Crippen molar-refractivity contribution in [2.75, 3.05) is 72.6 Å². The van der Waals surface area contributed by atoms with Gasteiger partial charge in [-0.15, -0.1) is 0 Å². The second kappa shape index (κ2) is 17.5. The molecule has 62 heavy (non-hydrogen) atoms. The van der Waals surface area contributed by atoms with E-state index in [4.69, 9.17) is 18.9 Å². The lowest BCUT2D eigenvalue weighted by molar-refractivity contribution is -0.213. The van der Waals surface area contributed by atoms with Gasteiger partial charge in [0.2, 0.25) is 17.7 Å². The molecule has 2 atom stereocenters. The van der Waals surface area contributed by atoms with Gasteiger partial charge in [-0.1, -0.05) is 6.07 Å². The first-order chi connectivity index (χ1) is 29.9. The van der Waals surface area contributed by atoms with Crippen LogP contribution in [0.4, 0.5) is 5.69 Å². The molecule has 2 unspecified atom stereocenters. The number of carbonyl (C=O) groups excluding carboxylic acids is 4. The molecule has 4 amide bonds. The van der Waals surface area contributed by atoms with Crippen LogP contribution in [-0.2, 0) is 37.4 Å². The molecule has 1 saturated heterocycles. The largest absolute Gasteiger partial charge is 0.496 e. The van der Waals surface area contributed by atoms with E-state index in [0.717, 1.165) is 52.8 Å². The number of nitrogens with one attached hydrogen (secondary N) is 3. The van der Waals surface area contributed by atoms with Crippen LogP contribution >= 0.6 is 0 Å². The molecule has 17 heteroatoms. The maximum absolute atomic E-state index is 13.2. The van der Waals surface area contributed by atoms with Crippen molar-refractivity contribution in [3.8, 4) is 22.6 Å². The number of aromatic nitrogens is 2. The van der Waals surface area contributed by atoms with E-state index in [2.05, 4.69) is 32.9 Å². The van der Waals surface area contributed by atoms with Crippen LogP contribution in [0.2, 0.25) is 0 Å². The Labute approximate surface area is 358 Å². The summed E-state index contributed by atoms with van der Waals surface area (Å²) in [5, 5.41) is 20.9. The van der Waals surface area contributed by atoms with E-state index in [1.807, 2.05) is 24.4 Å². The number of piperidine rings is 1. The maximum atomic E-state index is 13.2. The first-order valence-electron chi connectivity index (χ1n) is 20.9. The van der Waals surface area contributed by atoms with Gasteiger partial charge in [0, 0.05) is 80.6 Å². The predicted octanol–water partition coefficient (Wildman–Crippen LogP) is 2.73. The standard InChI is InChI=1S/C45H53N7O10/c1-50(21-32-35(59-3)18-27(19-36(32)60-4)31-22-51(2)40(55)30-20-46-11-10-28(30)31)26-44-23-45(24-44,25-44)43(58)48-13-15-62-17-16-61-14-12-47-33-7-5-6-29-38(33)42(57)52(41(29)56)34-8-9-37(53)49-39(34)54/h5-7,10-11,18-20,22,34,42,47,57H,8-9,12-17,21,23-26H2,1-4H3,(H,48,58)(H,49,53,54). The number of rotatable bonds is 19. The lowest BCUT2D eigenvalue weighted by Gasteiger charge is -2.70. The van der Waals surface area contributed by atoms with Crippen LogP contribution in [0, 0.1) is 10.8 Å². The number of fused-ring (bicyclic) bond motifs is 2. The second-order valence-corrected chi connectivity index (χ2v) is 16.9. The first-order valence-corrected chi connectivity index (χ1v) is 20.9. The highest BCUT2D eigenvalue weighted by Crippen LogP contribution is 2.73. The van der Waals surface area contributed by atoms with E-state index in [-0.39, 0.29) is 35.1 Å². The molecule has 328 valence electrons. The minimum atomic E-state index is -1.32. The highest BCUT2D eigenvalue weighted by molar-refractivity contribution is 6.06. The minimum absolute atomic E-state index is 0.0769. The molecular formula is C45H53N7O10. The summed E-state index contributed by atoms with van der Waals surface area (Å²) < 4.78 is 24.7. The van der Waals surface area contributed by atoms with Gasteiger partial charge < -0.3 is 44.2 Å². The molecule has 4 heterocycles.